The molecule has 0 fully saturated rings. The van der Waals surface area contributed by atoms with Crippen molar-refractivity contribution in [3.63, 3.8) is 0 Å². The number of hydrogen-bond acceptors (Lipinski definition) is 3. The predicted molar refractivity (Wildman–Crippen MR) is 84.4 cm³/mol. The molecule has 2 aromatic rings. The van der Waals surface area contributed by atoms with Crippen LogP contribution in [-0.2, 0) is 0 Å². The average molecular weight is 282 g/mol. The standard InChI is InChI=1S/C17H18N2O2/c1-2-11-18-17(21)13-7-9-15(10-8-13)19-12-14-5-3-4-6-16(14)20/h3-10,12,20H,2,11H2,1H3,(H,18,21). The van der Waals surface area contributed by atoms with Gasteiger partial charge in [0.05, 0.1) is 5.69 Å². The molecule has 2 aromatic carbocycles. The highest BCUT2D eigenvalue weighted by Gasteiger charge is 2.03. The number of rotatable bonds is 5. The van der Waals surface area contributed by atoms with Gasteiger partial charge in [0, 0.05) is 23.9 Å². The summed E-state index contributed by atoms with van der Waals surface area (Å²) >= 11 is 0. The van der Waals surface area contributed by atoms with Gasteiger partial charge in [-0.15, -0.1) is 0 Å². The molecular formula is C17H18N2O2. The zero-order valence-electron chi connectivity index (χ0n) is 11.9. The largest absolute Gasteiger partial charge is 0.507 e. The lowest BCUT2D eigenvalue weighted by Gasteiger charge is -2.03. The Labute approximate surface area is 124 Å². The quantitative estimate of drug-likeness (QED) is 0.827. The number of para-hydroxylation sites is 1. The minimum atomic E-state index is -0.0758. The second-order valence-electron chi connectivity index (χ2n) is 4.62. The van der Waals surface area contributed by atoms with E-state index in [4.69, 9.17) is 0 Å². The van der Waals surface area contributed by atoms with E-state index in [-0.39, 0.29) is 11.7 Å². The number of hydrogen-bond donors (Lipinski definition) is 2. The van der Waals surface area contributed by atoms with Crippen LogP contribution >= 0.6 is 0 Å². The number of nitrogens with one attached hydrogen (secondary N) is 1. The lowest BCUT2D eigenvalue weighted by Crippen LogP contribution is -2.23. The van der Waals surface area contributed by atoms with E-state index < -0.39 is 0 Å². The maximum Gasteiger partial charge on any atom is 0.251 e. The Morgan fingerprint density at radius 1 is 1.19 bits per heavy atom. The van der Waals surface area contributed by atoms with Gasteiger partial charge >= 0.3 is 0 Å². The van der Waals surface area contributed by atoms with Crippen molar-refractivity contribution < 1.29 is 9.90 Å². The van der Waals surface area contributed by atoms with Crippen LogP contribution in [0.1, 0.15) is 29.3 Å². The summed E-state index contributed by atoms with van der Waals surface area (Å²) in [5.41, 5.74) is 2.00. The molecule has 0 radical (unpaired) electrons. The Kier molecular flexibility index (Phi) is 5.10. The third-order valence-corrected chi connectivity index (χ3v) is 2.95. The Morgan fingerprint density at radius 2 is 1.90 bits per heavy atom. The maximum absolute atomic E-state index is 11.8. The number of carbonyl (C=O) groups excluding carboxylic acids is 1. The number of nitrogens with zero attached hydrogens (tertiary/aromatic N) is 1. The SMILES string of the molecule is CCCNC(=O)c1ccc(N=Cc2ccccc2O)cc1. The van der Waals surface area contributed by atoms with Gasteiger partial charge in [0.2, 0.25) is 0 Å². The van der Waals surface area contributed by atoms with Gasteiger partial charge in [-0.05, 0) is 42.8 Å². The van der Waals surface area contributed by atoms with Gasteiger partial charge in [-0.2, -0.15) is 0 Å². The van der Waals surface area contributed by atoms with Crippen LogP contribution in [0.15, 0.2) is 53.5 Å². The monoisotopic (exact) mass is 282 g/mol. The van der Waals surface area contributed by atoms with Crippen LogP contribution in [0.2, 0.25) is 0 Å². The molecule has 2 rings (SSSR count). The van der Waals surface area contributed by atoms with Gasteiger partial charge in [-0.25, -0.2) is 0 Å². The molecule has 0 saturated carbocycles. The third-order valence-electron chi connectivity index (χ3n) is 2.95. The average Bonchev–Trinajstić information content (AvgIpc) is 2.52. The fraction of sp³-hybridized carbons (Fsp3) is 0.176. The first kappa shape index (κ1) is 14.8. The molecule has 1 amide bonds. The van der Waals surface area contributed by atoms with E-state index in [9.17, 15) is 9.90 Å². The second kappa shape index (κ2) is 7.24. The van der Waals surface area contributed by atoms with Gasteiger partial charge in [0.25, 0.3) is 5.91 Å². The summed E-state index contributed by atoms with van der Waals surface area (Å²) in [6.45, 7) is 2.68. The molecular weight excluding hydrogens is 264 g/mol. The molecule has 4 heteroatoms. The molecule has 0 saturated heterocycles. The van der Waals surface area contributed by atoms with Crippen LogP contribution in [0, 0.1) is 0 Å². The normalized spacial score (nSPS) is 10.7. The highest BCUT2D eigenvalue weighted by atomic mass is 16.3. The summed E-state index contributed by atoms with van der Waals surface area (Å²) in [4.78, 5) is 16.0. The van der Waals surface area contributed by atoms with Crippen molar-refractivity contribution in [1.82, 2.24) is 5.32 Å². The smallest absolute Gasteiger partial charge is 0.251 e. The molecule has 0 spiro atoms. The Hall–Kier alpha value is -2.62. The summed E-state index contributed by atoms with van der Waals surface area (Å²) in [6, 6.07) is 14.0. The predicted octanol–water partition coefficient (Wildman–Crippen LogP) is 3.28. The molecule has 0 aromatic heterocycles. The zero-order chi connectivity index (χ0) is 15.1. The van der Waals surface area contributed by atoms with Crippen LogP contribution in [0.25, 0.3) is 0 Å². The van der Waals surface area contributed by atoms with E-state index in [0.29, 0.717) is 17.7 Å². The Balaban J connectivity index is 2.06. The summed E-state index contributed by atoms with van der Waals surface area (Å²) in [5, 5.41) is 12.5. The zero-order valence-corrected chi connectivity index (χ0v) is 11.9. The molecule has 108 valence electrons. The molecule has 0 aliphatic heterocycles. The van der Waals surface area contributed by atoms with E-state index >= 15 is 0 Å². The molecule has 0 aliphatic rings. The van der Waals surface area contributed by atoms with E-state index in [1.54, 1.807) is 48.7 Å². The minimum absolute atomic E-state index is 0.0758. The Morgan fingerprint density at radius 3 is 2.57 bits per heavy atom. The van der Waals surface area contributed by atoms with Gasteiger partial charge in [-0.3, -0.25) is 9.79 Å². The minimum Gasteiger partial charge on any atom is -0.507 e. The Bertz CT molecular complexity index is 633. The van der Waals surface area contributed by atoms with Crippen molar-refractivity contribution in [2.24, 2.45) is 4.99 Å². The molecule has 0 bridgehead atoms. The fourth-order valence-electron chi connectivity index (χ4n) is 1.78. The topological polar surface area (TPSA) is 61.7 Å². The summed E-state index contributed by atoms with van der Waals surface area (Å²) in [7, 11) is 0. The molecule has 21 heavy (non-hydrogen) atoms. The number of amides is 1. The van der Waals surface area contributed by atoms with Crippen molar-refractivity contribution in [3.05, 3.63) is 59.7 Å². The van der Waals surface area contributed by atoms with Gasteiger partial charge in [0.1, 0.15) is 5.75 Å². The van der Waals surface area contributed by atoms with Crippen LogP contribution in [0.4, 0.5) is 5.69 Å². The third kappa shape index (κ3) is 4.18. The van der Waals surface area contributed by atoms with Gasteiger partial charge < -0.3 is 10.4 Å². The number of benzene rings is 2. The second-order valence-corrected chi connectivity index (χ2v) is 4.62. The van der Waals surface area contributed by atoms with Crippen LogP contribution in [0.3, 0.4) is 0 Å². The summed E-state index contributed by atoms with van der Waals surface area (Å²) in [6.07, 6.45) is 2.51. The first-order valence-electron chi connectivity index (χ1n) is 6.91. The molecule has 0 unspecified atom stereocenters. The lowest BCUT2D eigenvalue weighted by molar-refractivity contribution is 0.0953. The number of phenols is 1. The van der Waals surface area contributed by atoms with E-state index in [2.05, 4.69) is 10.3 Å². The van der Waals surface area contributed by atoms with Gasteiger partial charge in [-0.1, -0.05) is 19.1 Å². The molecule has 4 nitrogen and oxygen atoms in total. The summed E-state index contributed by atoms with van der Waals surface area (Å²) in [5.74, 6) is 0.116. The highest BCUT2D eigenvalue weighted by molar-refractivity contribution is 5.94. The number of carbonyl (C=O) groups is 1. The van der Waals surface area contributed by atoms with E-state index in [1.807, 2.05) is 13.0 Å². The summed E-state index contributed by atoms with van der Waals surface area (Å²) < 4.78 is 0. The maximum atomic E-state index is 11.8. The highest BCUT2D eigenvalue weighted by Crippen LogP contribution is 2.16. The first-order valence-corrected chi connectivity index (χ1v) is 6.91. The molecule has 0 heterocycles. The lowest BCUT2D eigenvalue weighted by atomic mass is 10.2. The van der Waals surface area contributed by atoms with Crippen molar-refractivity contribution in [2.75, 3.05) is 6.54 Å². The van der Waals surface area contributed by atoms with Crippen molar-refractivity contribution in [3.8, 4) is 5.75 Å². The van der Waals surface area contributed by atoms with Crippen LogP contribution < -0.4 is 5.32 Å². The number of phenolic OH excluding ortho intramolecular Hbond substituents is 1. The number of aromatic hydroxyl groups is 1. The van der Waals surface area contributed by atoms with Gasteiger partial charge in [0.15, 0.2) is 0 Å². The van der Waals surface area contributed by atoms with Crippen LogP contribution in [-0.4, -0.2) is 23.8 Å². The molecule has 2 N–H and O–H groups in total. The van der Waals surface area contributed by atoms with E-state index in [1.165, 1.54) is 0 Å². The fourth-order valence-corrected chi connectivity index (χ4v) is 1.78. The first-order chi connectivity index (χ1) is 10.2. The van der Waals surface area contributed by atoms with Crippen LogP contribution in [0.5, 0.6) is 5.75 Å². The number of aliphatic imine (C=N–C) groups is 1. The van der Waals surface area contributed by atoms with Crippen molar-refractivity contribution in [1.29, 1.82) is 0 Å². The molecule has 0 atom stereocenters. The van der Waals surface area contributed by atoms with E-state index in [0.717, 1.165) is 12.1 Å². The van der Waals surface area contributed by atoms with Crippen molar-refractivity contribution in [2.45, 2.75) is 13.3 Å². The van der Waals surface area contributed by atoms with Crippen molar-refractivity contribution >= 4 is 17.8 Å². The molecule has 0 aliphatic carbocycles.